The van der Waals surface area contributed by atoms with E-state index < -0.39 is 11.3 Å². The predicted octanol–water partition coefficient (Wildman–Crippen LogP) is 2.99. The fourth-order valence-corrected chi connectivity index (χ4v) is 4.36. The van der Waals surface area contributed by atoms with Crippen molar-refractivity contribution in [3.63, 3.8) is 0 Å². The number of aromatic hydroxyl groups is 1. The van der Waals surface area contributed by atoms with Gasteiger partial charge >= 0.3 is 0 Å². The number of hydrogen-bond donors (Lipinski definition) is 1. The number of allylic oxidation sites excluding steroid dienone is 3. The number of phenolic OH excluding ortho intramolecular Hbond substituents is 1. The second-order valence-electron chi connectivity index (χ2n) is 6.70. The Morgan fingerprint density at radius 3 is 2.60 bits per heavy atom. The second kappa shape index (κ2) is 6.06. The molecule has 0 spiro atoms. The molecule has 132 valence electrons. The number of ketones is 2. The lowest BCUT2D eigenvalue weighted by molar-refractivity contribution is -0.136. The van der Waals surface area contributed by atoms with Gasteiger partial charge in [0, 0.05) is 5.92 Å². The van der Waals surface area contributed by atoms with Crippen LogP contribution < -0.4 is 4.74 Å². The molecular weight excluding hydrogens is 320 g/mol. The molecule has 4 atom stereocenters. The van der Waals surface area contributed by atoms with E-state index in [4.69, 9.17) is 9.47 Å². The molecule has 2 bridgehead atoms. The van der Waals surface area contributed by atoms with Gasteiger partial charge < -0.3 is 14.6 Å². The van der Waals surface area contributed by atoms with Crippen LogP contribution in [0.5, 0.6) is 11.5 Å². The molecule has 0 radical (unpaired) electrons. The maximum absolute atomic E-state index is 13.1. The first-order valence-corrected chi connectivity index (χ1v) is 8.24. The Hall–Kier alpha value is -2.56. The molecule has 1 fully saturated rings. The first-order valence-electron chi connectivity index (χ1n) is 8.24. The molecule has 25 heavy (non-hydrogen) atoms. The fourth-order valence-electron chi connectivity index (χ4n) is 4.36. The highest BCUT2D eigenvalue weighted by Crippen LogP contribution is 2.59. The molecule has 3 rings (SSSR count). The van der Waals surface area contributed by atoms with Crippen molar-refractivity contribution in [1.82, 2.24) is 0 Å². The fraction of sp³-hybridized carbons (Fsp3) is 0.400. The molecule has 2 aliphatic carbocycles. The summed E-state index contributed by atoms with van der Waals surface area (Å²) in [5.74, 6) is -0.989. The smallest absolute Gasteiger partial charge is 0.208 e. The van der Waals surface area contributed by atoms with Crippen molar-refractivity contribution in [2.75, 3.05) is 14.2 Å². The van der Waals surface area contributed by atoms with Crippen LogP contribution in [0, 0.1) is 17.3 Å². The zero-order valence-electron chi connectivity index (χ0n) is 14.6. The van der Waals surface area contributed by atoms with E-state index in [1.54, 1.807) is 24.3 Å². The molecule has 5 heteroatoms. The van der Waals surface area contributed by atoms with Gasteiger partial charge in [0.1, 0.15) is 0 Å². The number of fused-ring (bicyclic) bond motifs is 2. The van der Waals surface area contributed by atoms with E-state index in [9.17, 15) is 14.7 Å². The van der Waals surface area contributed by atoms with Gasteiger partial charge in [0.15, 0.2) is 23.0 Å². The third-order valence-corrected chi connectivity index (χ3v) is 5.66. The van der Waals surface area contributed by atoms with Crippen molar-refractivity contribution in [2.24, 2.45) is 17.3 Å². The van der Waals surface area contributed by atoms with Gasteiger partial charge in [-0.3, -0.25) is 9.59 Å². The zero-order chi connectivity index (χ0) is 18.4. The Morgan fingerprint density at radius 2 is 2.00 bits per heavy atom. The summed E-state index contributed by atoms with van der Waals surface area (Å²) < 4.78 is 10.4. The highest BCUT2D eigenvalue weighted by atomic mass is 16.5. The summed E-state index contributed by atoms with van der Waals surface area (Å²) in [4.78, 5) is 25.9. The van der Waals surface area contributed by atoms with Crippen molar-refractivity contribution in [2.45, 2.75) is 19.3 Å². The topological polar surface area (TPSA) is 72.8 Å². The molecule has 0 aliphatic heterocycles. The largest absolute Gasteiger partial charge is 0.504 e. The number of phenols is 1. The van der Waals surface area contributed by atoms with Crippen molar-refractivity contribution in [3.8, 4) is 11.5 Å². The molecule has 0 heterocycles. The van der Waals surface area contributed by atoms with Crippen LogP contribution >= 0.6 is 0 Å². The van der Waals surface area contributed by atoms with Gasteiger partial charge in [0.2, 0.25) is 5.78 Å². The van der Waals surface area contributed by atoms with Crippen LogP contribution in [0.1, 0.15) is 24.8 Å². The Morgan fingerprint density at radius 1 is 1.28 bits per heavy atom. The van der Waals surface area contributed by atoms with Crippen molar-refractivity contribution in [1.29, 1.82) is 0 Å². The number of methoxy groups -OCH3 is 2. The van der Waals surface area contributed by atoms with Gasteiger partial charge in [-0.25, -0.2) is 0 Å². The van der Waals surface area contributed by atoms with Crippen molar-refractivity contribution < 1.29 is 24.2 Å². The van der Waals surface area contributed by atoms with Gasteiger partial charge in [-0.15, -0.1) is 6.58 Å². The lowest BCUT2D eigenvalue weighted by atomic mass is 9.71. The summed E-state index contributed by atoms with van der Waals surface area (Å²) >= 11 is 0. The molecule has 0 aromatic heterocycles. The van der Waals surface area contributed by atoms with Crippen molar-refractivity contribution in [3.05, 3.63) is 48.3 Å². The summed E-state index contributed by atoms with van der Waals surface area (Å²) in [6.45, 7) is 5.76. The van der Waals surface area contributed by atoms with Crippen LogP contribution in [0.25, 0.3) is 0 Å². The quantitative estimate of drug-likeness (QED) is 0.658. The normalized spacial score (nSPS) is 30.8. The third kappa shape index (κ3) is 2.29. The third-order valence-electron chi connectivity index (χ3n) is 5.66. The Bertz CT molecular complexity index is 778. The van der Waals surface area contributed by atoms with E-state index in [-0.39, 0.29) is 34.9 Å². The summed E-state index contributed by atoms with van der Waals surface area (Å²) in [7, 11) is 2.92. The monoisotopic (exact) mass is 342 g/mol. The Kier molecular flexibility index (Phi) is 4.19. The molecule has 1 unspecified atom stereocenters. The lowest BCUT2D eigenvalue weighted by Crippen LogP contribution is -2.38. The summed E-state index contributed by atoms with van der Waals surface area (Å²) in [5, 5.41) is 9.85. The van der Waals surface area contributed by atoms with Crippen LogP contribution in [0.3, 0.4) is 0 Å². The Balaban J connectivity index is 2.16. The number of ether oxygens (including phenoxy) is 2. The number of hydrogen-bond acceptors (Lipinski definition) is 5. The Labute approximate surface area is 146 Å². The minimum Gasteiger partial charge on any atom is -0.504 e. The van der Waals surface area contributed by atoms with E-state index in [2.05, 4.69) is 6.58 Å². The van der Waals surface area contributed by atoms with E-state index in [0.717, 1.165) is 5.56 Å². The van der Waals surface area contributed by atoms with Gasteiger partial charge in [-0.05, 0) is 36.1 Å². The number of carbonyl (C=O) groups excluding carboxylic acids is 2. The molecule has 2 aliphatic rings. The molecule has 1 saturated carbocycles. The minimum atomic E-state index is -0.790. The summed E-state index contributed by atoms with van der Waals surface area (Å²) in [6, 6.07) is 4.98. The van der Waals surface area contributed by atoms with Gasteiger partial charge in [0.25, 0.3) is 0 Å². The first kappa shape index (κ1) is 17.3. The maximum Gasteiger partial charge on any atom is 0.208 e. The average molecular weight is 342 g/mol. The number of Topliss-reactive ketones (excluding diaryl/α,β-unsaturated/α-hetero) is 2. The standard InChI is InChI=1S/C20H22O5/c1-5-8-20-10-15(25-4)18(22)17(19(20)23)16(11(20)2)12-6-7-13(21)14(9-12)24-3/h5-7,9-11,16-17,21H,1,8H2,2-4H3/t11-,16?,17+,20+/m0/s1. The van der Waals surface area contributed by atoms with E-state index in [1.807, 2.05) is 6.92 Å². The maximum atomic E-state index is 13.1. The number of carbonyl (C=O) groups is 2. The molecular formula is C20H22O5. The van der Waals surface area contributed by atoms with Crippen LogP contribution in [0.15, 0.2) is 42.7 Å². The van der Waals surface area contributed by atoms with E-state index in [0.29, 0.717) is 12.2 Å². The molecule has 0 amide bonds. The molecule has 1 N–H and O–H groups in total. The molecule has 1 aromatic rings. The van der Waals surface area contributed by atoms with Gasteiger partial charge in [-0.1, -0.05) is 19.1 Å². The molecule has 1 aromatic carbocycles. The first-order chi connectivity index (χ1) is 11.9. The van der Waals surface area contributed by atoms with Crippen LogP contribution in [0.4, 0.5) is 0 Å². The average Bonchev–Trinajstić information content (AvgIpc) is 2.75. The van der Waals surface area contributed by atoms with E-state index in [1.165, 1.54) is 20.3 Å². The zero-order valence-corrected chi connectivity index (χ0v) is 14.6. The predicted molar refractivity (Wildman–Crippen MR) is 92.4 cm³/mol. The van der Waals surface area contributed by atoms with Gasteiger partial charge in [-0.2, -0.15) is 0 Å². The van der Waals surface area contributed by atoms with E-state index >= 15 is 0 Å². The second-order valence-corrected chi connectivity index (χ2v) is 6.70. The summed E-state index contributed by atoms with van der Waals surface area (Å²) in [5.41, 5.74) is 0.00658. The van der Waals surface area contributed by atoms with Crippen LogP contribution in [0.2, 0.25) is 0 Å². The van der Waals surface area contributed by atoms with Crippen LogP contribution in [-0.2, 0) is 14.3 Å². The number of benzene rings is 1. The molecule has 0 saturated heterocycles. The van der Waals surface area contributed by atoms with Crippen LogP contribution in [-0.4, -0.2) is 30.9 Å². The van der Waals surface area contributed by atoms with Crippen molar-refractivity contribution >= 4 is 11.6 Å². The lowest BCUT2D eigenvalue weighted by Gasteiger charge is -2.31. The summed E-state index contributed by atoms with van der Waals surface area (Å²) in [6.07, 6.45) is 3.85. The highest BCUT2D eigenvalue weighted by Gasteiger charge is 2.62. The number of rotatable bonds is 5. The molecule has 5 nitrogen and oxygen atoms in total. The minimum absolute atomic E-state index is 0.0223. The highest BCUT2D eigenvalue weighted by molar-refractivity contribution is 6.17. The van der Waals surface area contributed by atoms with Gasteiger partial charge in [0.05, 0.1) is 25.6 Å². The SMILES string of the molecule is C=CC[C@]12C=C(OC)C(=O)[C@H](C1=O)C(c1ccc(O)c(OC)c1)[C@@H]2C.